The number of rotatable bonds is 6. The molecule has 4 nitrogen and oxygen atoms in total. The Morgan fingerprint density at radius 3 is 2.44 bits per heavy atom. The molecule has 134 valence electrons. The molecule has 7 heteroatoms. The lowest BCUT2D eigenvalue weighted by Crippen LogP contribution is -2.36. The first-order valence-electron chi connectivity index (χ1n) is 7.91. The Labute approximate surface area is 143 Å². The van der Waals surface area contributed by atoms with Crippen LogP contribution >= 0.6 is 0 Å². The summed E-state index contributed by atoms with van der Waals surface area (Å²) in [6.45, 7) is 1.89. The van der Waals surface area contributed by atoms with Gasteiger partial charge in [0.1, 0.15) is 12.1 Å². The van der Waals surface area contributed by atoms with Gasteiger partial charge < -0.3 is 9.88 Å². The molecule has 0 fully saturated rings. The number of aromatic nitrogens is 1. The third-order valence-electron chi connectivity index (χ3n) is 3.95. The lowest BCUT2D eigenvalue weighted by Gasteiger charge is -2.16. The van der Waals surface area contributed by atoms with Crippen LogP contribution in [0.4, 0.5) is 13.2 Å². The van der Waals surface area contributed by atoms with Crippen LogP contribution in [0.3, 0.4) is 0 Å². The summed E-state index contributed by atoms with van der Waals surface area (Å²) in [6.07, 6.45) is -2.77. The van der Waals surface area contributed by atoms with Crippen molar-refractivity contribution in [3.05, 3.63) is 70.1 Å². The van der Waals surface area contributed by atoms with Gasteiger partial charge in [0.2, 0.25) is 5.91 Å². The van der Waals surface area contributed by atoms with Crippen LogP contribution in [0.15, 0.2) is 53.5 Å². The van der Waals surface area contributed by atoms with Crippen LogP contribution in [-0.4, -0.2) is 17.0 Å². The zero-order valence-corrected chi connectivity index (χ0v) is 13.7. The van der Waals surface area contributed by atoms with Crippen molar-refractivity contribution >= 4 is 5.91 Å². The summed E-state index contributed by atoms with van der Waals surface area (Å²) in [6, 6.07) is 11.4. The van der Waals surface area contributed by atoms with Crippen LogP contribution in [0.5, 0.6) is 0 Å². The summed E-state index contributed by atoms with van der Waals surface area (Å²) in [5.74, 6) is -0.404. The zero-order valence-electron chi connectivity index (χ0n) is 13.7. The molecule has 0 saturated carbocycles. The Hall–Kier alpha value is -2.57. The summed E-state index contributed by atoms with van der Waals surface area (Å²) in [5.41, 5.74) is -1.43. The van der Waals surface area contributed by atoms with Gasteiger partial charge in [-0.15, -0.1) is 0 Å². The SMILES string of the molecule is CC[C@@H](CNC(=O)Cn1cccc(C(F)(F)F)c1=O)c1ccccc1. The van der Waals surface area contributed by atoms with E-state index in [0.29, 0.717) is 12.6 Å². The topological polar surface area (TPSA) is 51.1 Å². The van der Waals surface area contributed by atoms with Crippen LogP contribution in [0.2, 0.25) is 0 Å². The van der Waals surface area contributed by atoms with Crippen molar-refractivity contribution < 1.29 is 18.0 Å². The van der Waals surface area contributed by atoms with E-state index >= 15 is 0 Å². The molecule has 1 amide bonds. The number of carbonyl (C=O) groups excluding carboxylic acids is 1. The highest BCUT2D eigenvalue weighted by molar-refractivity contribution is 5.75. The number of hydrogen-bond donors (Lipinski definition) is 1. The number of alkyl halides is 3. The van der Waals surface area contributed by atoms with Gasteiger partial charge in [0.15, 0.2) is 0 Å². The van der Waals surface area contributed by atoms with Gasteiger partial charge >= 0.3 is 6.18 Å². The molecule has 0 saturated heterocycles. The zero-order chi connectivity index (χ0) is 18.4. The smallest absolute Gasteiger partial charge is 0.354 e. The molecule has 1 atom stereocenters. The number of carbonyl (C=O) groups is 1. The molecule has 0 unspecified atom stereocenters. The standard InChI is InChI=1S/C18H19F3N2O2/c1-2-13(14-7-4-3-5-8-14)11-22-16(24)12-23-10-6-9-15(17(23)25)18(19,20)21/h3-10,13H,2,11-12H2,1H3,(H,22,24)/t13-/m0/s1. The summed E-state index contributed by atoms with van der Waals surface area (Å²) >= 11 is 0. The normalized spacial score (nSPS) is 12.6. The average Bonchev–Trinajstić information content (AvgIpc) is 2.57. The molecule has 1 heterocycles. The van der Waals surface area contributed by atoms with Crippen molar-refractivity contribution in [2.75, 3.05) is 6.54 Å². The highest BCUT2D eigenvalue weighted by Crippen LogP contribution is 2.26. The van der Waals surface area contributed by atoms with Gasteiger partial charge in [-0.1, -0.05) is 37.3 Å². The number of hydrogen-bond acceptors (Lipinski definition) is 2. The maximum Gasteiger partial charge on any atom is 0.421 e. The summed E-state index contributed by atoms with van der Waals surface area (Å²) < 4.78 is 39.0. The first-order chi connectivity index (χ1) is 11.8. The second-order valence-corrected chi connectivity index (χ2v) is 5.67. The fraction of sp³-hybridized carbons (Fsp3) is 0.333. The van der Waals surface area contributed by atoms with Crippen LogP contribution in [0.25, 0.3) is 0 Å². The Morgan fingerprint density at radius 1 is 1.16 bits per heavy atom. The van der Waals surface area contributed by atoms with Crippen molar-refractivity contribution in [2.45, 2.75) is 32.0 Å². The van der Waals surface area contributed by atoms with Crippen molar-refractivity contribution in [3.8, 4) is 0 Å². The maximum atomic E-state index is 12.7. The van der Waals surface area contributed by atoms with Crippen molar-refractivity contribution in [1.82, 2.24) is 9.88 Å². The maximum absolute atomic E-state index is 12.7. The molecule has 2 aromatic rings. The van der Waals surface area contributed by atoms with Crippen molar-refractivity contribution in [2.24, 2.45) is 0 Å². The van der Waals surface area contributed by atoms with Gasteiger partial charge in [-0.2, -0.15) is 13.2 Å². The first-order valence-corrected chi connectivity index (χ1v) is 7.91. The largest absolute Gasteiger partial charge is 0.421 e. The highest BCUT2D eigenvalue weighted by Gasteiger charge is 2.34. The number of benzene rings is 1. The monoisotopic (exact) mass is 352 g/mol. The minimum atomic E-state index is -4.74. The van der Waals surface area contributed by atoms with Gasteiger partial charge in [-0.3, -0.25) is 9.59 Å². The summed E-state index contributed by atoms with van der Waals surface area (Å²) in [5, 5.41) is 2.69. The Bertz CT molecular complexity index is 770. The molecule has 1 aromatic carbocycles. The van der Waals surface area contributed by atoms with Crippen LogP contribution in [-0.2, 0) is 17.5 Å². The predicted molar refractivity (Wildman–Crippen MR) is 88.2 cm³/mol. The molecule has 0 aliphatic heterocycles. The lowest BCUT2D eigenvalue weighted by atomic mass is 9.96. The summed E-state index contributed by atoms with van der Waals surface area (Å²) in [4.78, 5) is 23.9. The Morgan fingerprint density at radius 2 is 1.84 bits per heavy atom. The van der Waals surface area contributed by atoms with E-state index in [2.05, 4.69) is 5.32 Å². The molecular weight excluding hydrogens is 333 g/mol. The van der Waals surface area contributed by atoms with Crippen molar-refractivity contribution in [1.29, 1.82) is 0 Å². The molecule has 0 aliphatic carbocycles. The quantitative estimate of drug-likeness (QED) is 0.868. The fourth-order valence-corrected chi connectivity index (χ4v) is 2.55. The van der Waals surface area contributed by atoms with E-state index in [4.69, 9.17) is 0 Å². The number of nitrogens with zero attached hydrogens (tertiary/aromatic N) is 1. The van der Waals surface area contributed by atoms with E-state index < -0.39 is 29.8 Å². The second kappa shape index (κ2) is 8.00. The number of halogens is 3. The van der Waals surface area contributed by atoms with Crippen LogP contribution in [0, 0.1) is 0 Å². The number of pyridine rings is 1. The molecule has 0 spiro atoms. The van der Waals surface area contributed by atoms with Gasteiger partial charge in [0.05, 0.1) is 0 Å². The Kier molecular flexibility index (Phi) is 6.01. The van der Waals surface area contributed by atoms with E-state index in [1.165, 1.54) is 6.20 Å². The number of nitrogens with one attached hydrogen (secondary N) is 1. The number of amides is 1. The van der Waals surface area contributed by atoms with Crippen molar-refractivity contribution in [3.63, 3.8) is 0 Å². The summed E-state index contributed by atoms with van der Waals surface area (Å²) in [7, 11) is 0. The second-order valence-electron chi connectivity index (χ2n) is 5.67. The molecule has 1 N–H and O–H groups in total. The first kappa shape index (κ1) is 18.8. The average molecular weight is 352 g/mol. The van der Waals surface area contributed by atoms with Gasteiger partial charge in [0.25, 0.3) is 5.56 Å². The van der Waals surface area contributed by atoms with E-state index in [0.717, 1.165) is 22.6 Å². The third-order valence-corrected chi connectivity index (χ3v) is 3.95. The van der Waals surface area contributed by atoms with Gasteiger partial charge in [-0.25, -0.2) is 0 Å². The van der Waals surface area contributed by atoms with E-state index in [9.17, 15) is 22.8 Å². The van der Waals surface area contributed by atoms with Crippen LogP contribution < -0.4 is 10.9 Å². The van der Waals surface area contributed by atoms with E-state index in [-0.39, 0.29) is 5.92 Å². The molecule has 0 bridgehead atoms. The van der Waals surface area contributed by atoms with Gasteiger partial charge in [0, 0.05) is 18.7 Å². The lowest BCUT2D eigenvalue weighted by molar-refractivity contribution is -0.139. The third kappa shape index (κ3) is 4.95. The fourth-order valence-electron chi connectivity index (χ4n) is 2.55. The highest BCUT2D eigenvalue weighted by atomic mass is 19.4. The minimum absolute atomic E-state index is 0.100. The molecule has 0 radical (unpaired) electrons. The van der Waals surface area contributed by atoms with E-state index in [1.807, 2.05) is 37.3 Å². The van der Waals surface area contributed by atoms with Gasteiger partial charge in [-0.05, 0) is 24.1 Å². The molecule has 25 heavy (non-hydrogen) atoms. The molecule has 0 aliphatic rings. The molecular formula is C18H19F3N2O2. The Balaban J connectivity index is 2.02. The molecule has 1 aromatic heterocycles. The predicted octanol–water partition coefficient (Wildman–Crippen LogP) is 3.18. The minimum Gasteiger partial charge on any atom is -0.354 e. The van der Waals surface area contributed by atoms with Crippen LogP contribution in [0.1, 0.15) is 30.4 Å². The van der Waals surface area contributed by atoms with E-state index in [1.54, 1.807) is 0 Å². The molecule has 2 rings (SSSR count).